The van der Waals surface area contributed by atoms with E-state index in [2.05, 4.69) is 20.5 Å². The molecule has 4 rings (SSSR count). The minimum absolute atomic E-state index is 0.0253. The van der Waals surface area contributed by atoms with Crippen molar-refractivity contribution in [1.29, 1.82) is 0 Å². The molecule has 0 saturated carbocycles. The van der Waals surface area contributed by atoms with E-state index in [1.165, 1.54) is 23.9 Å². The molecule has 15 heteroatoms. The number of anilines is 1. The van der Waals surface area contributed by atoms with Gasteiger partial charge in [-0.05, 0) is 32.4 Å². The molecule has 2 amide bonds. The van der Waals surface area contributed by atoms with Crippen LogP contribution >= 0.6 is 11.3 Å². The highest BCUT2D eigenvalue weighted by Crippen LogP contribution is 2.43. The van der Waals surface area contributed by atoms with Gasteiger partial charge in [-0.15, -0.1) is 11.3 Å². The van der Waals surface area contributed by atoms with Gasteiger partial charge in [0.2, 0.25) is 5.91 Å². The smallest absolute Gasteiger partial charge is 0.309 e. The number of rotatable bonds is 9. The molecule has 0 bridgehead atoms. The number of aromatic nitrogens is 5. The first kappa shape index (κ1) is 25.8. The van der Waals surface area contributed by atoms with Crippen LogP contribution in [0.3, 0.4) is 0 Å². The number of carbonyl (C=O) groups is 2. The Hall–Kier alpha value is -4.27. The topological polar surface area (TPSA) is 164 Å². The SMILES string of the molecule is CCn1cc(-c2cc(C(F)F)nc3sc(C(N)=O)c(NC(=O)CCn4cc([N+](=O)[O-])c(C)n4)c23)c(C)n1. The molecule has 4 heterocycles. The molecule has 0 aliphatic rings. The van der Waals surface area contributed by atoms with Crippen molar-refractivity contribution in [2.24, 2.45) is 5.73 Å². The Labute approximate surface area is 212 Å². The molecule has 0 atom stereocenters. The Balaban J connectivity index is 1.76. The Morgan fingerprint density at radius 1 is 1.19 bits per heavy atom. The lowest BCUT2D eigenvalue weighted by atomic mass is 10.0. The Bertz CT molecular complexity index is 1540. The van der Waals surface area contributed by atoms with Gasteiger partial charge in [0.1, 0.15) is 27.3 Å². The van der Waals surface area contributed by atoms with Crippen LogP contribution < -0.4 is 11.1 Å². The molecule has 0 unspecified atom stereocenters. The number of thiophene rings is 1. The second-order valence-electron chi connectivity index (χ2n) is 8.15. The van der Waals surface area contributed by atoms with Gasteiger partial charge >= 0.3 is 5.69 Å². The third-order valence-corrected chi connectivity index (χ3v) is 6.74. The first-order valence-corrected chi connectivity index (χ1v) is 11.9. The number of hydrogen-bond donors (Lipinski definition) is 2. The molecular weight excluding hydrogens is 510 g/mol. The monoisotopic (exact) mass is 532 g/mol. The zero-order valence-electron chi connectivity index (χ0n) is 20.0. The van der Waals surface area contributed by atoms with Crippen LogP contribution in [0.25, 0.3) is 21.3 Å². The predicted molar refractivity (Wildman–Crippen MR) is 132 cm³/mol. The second kappa shape index (κ2) is 10.0. The Kier molecular flexibility index (Phi) is 6.98. The Morgan fingerprint density at radius 3 is 2.46 bits per heavy atom. The highest BCUT2D eigenvalue weighted by atomic mass is 32.1. The van der Waals surface area contributed by atoms with Crippen molar-refractivity contribution in [3.8, 4) is 11.1 Å². The van der Waals surface area contributed by atoms with E-state index in [1.807, 2.05) is 6.92 Å². The number of nitrogens with two attached hydrogens (primary N) is 1. The maximum Gasteiger partial charge on any atom is 0.309 e. The second-order valence-corrected chi connectivity index (χ2v) is 9.15. The van der Waals surface area contributed by atoms with Gasteiger partial charge in [0.15, 0.2) is 0 Å². The fourth-order valence-electron chi connectivity index (χ4n) is 3.90. The van der Waals surface area contributed by atoms with Gasteiger partial charge in [0, 0.05) is 36.7 Å². The standard InChI is InChI=1S/C22H22F2N8O4S/c1-4-30-8-13(10(2)28-30)12-7-14(20(23)24)26-22-17(12)18(19(37-22)21(25)34)27-16(33)5-6-31-9-15(32(35)36)11(3)29-31/h7-9,20H,4-6H2,1-3H3,(H2,25,34)(H,27,33). The van der Waals surface area contributed by atoms with E-state index in [0.29, 0.717) is 28.8 Å². The summed E-state index contributed by atoms with van der Waals surface area (Å²) in [4.78, 5) is 39.7. The van der Waals surface area contributed by atoms with E-state index < -0.39 is 28.9 Å². The van der Waals surface area contributed by atoms with Crippen molar-refractivity contribution in [2.45, 2.75) is 46.7 Å². The number of aryl methyl sites for hydroxylation is 4. The van der Waals surface area contributed by atoms with Crippen LogP contribution in [0.15, 0.2) is 18.5 Å². The fourth-order valence-corrected chi connectivity index (χ4v) is 4.91. The molecule has 0 saturated heterocycles. The van der Waals surface area contributed by atoms with Gasteiger partial charge in [-0.3, -0.25) is 29.1 Å². The Morgan fingerprint density at radius 2 is 1.89 bits per heavy atom. The predicted octanol–water partition coefficient (Wildman–Crippen LogP) is 3.97. The normalized spacial score (nSPS) is 11.4. The number of primary amides is 1. The molecule has 194 valence electrons. The van der Waals surface area contributed by atoms with Crippen molar-refractivity contribution >= 4 is 44.7 Å². The number of halogens is 2. The van der Waals surface area contributed by atoms with Crippen molar-refractivity contribution in [3.63, 3.8) is 0 Å². The molecule has 0 radical (unpaired) electrons. The first-order chi connectivity index (χ1) is 17.5. The summed E-state index contributed by atoms with van der Waals surface area (Å²) in [5.74, 6) is -1.40. The van der Waals surface area contributed by atoms with Gasteiger partial charge in [0.05, 0.1) is 16.3 Å². The first-order valence-electron chi connectivity index (χ1n) is 11.1. The summed E-state index contributed by atoms with van der Waals surface area (Å²) in [5.41, 5.74) is 6.60. The molecule has 4 aromatic heterocycles. The van der Waals surface area contributed by atoms with Crippen LogP contribution in [-0.4, -0.2) is 41.3 Å². The van der Waals surface area contributed by atoms with Gasteiger partial charge in [-0.25, -0.2) is 13.8 Å². The summed E-state index contributed by atoms with van der Waals surface area (Å²) < 4.78 is 30.3. The number of nitrogens with zero attached hydrogens (tertiary/aromatic N) is 6. The van der Waals surface area contributed by atoms with Gasteiger partial charge < -0.3 is 11.1 Å². The zero-order valence-corrected chi connectivity index (χ0v) is 20.8. The van der Waals surface area contributed by atoms with Crippen LogP contribution in [0.2, 0.25) is 0 Å². The molecule has 0 aliphatic heterocycles. The molecule has 0 aromatic carbocycles. The molecule has 12 nitrogen and oxygen atoms in total. The lowest BCUT2D eigenvalue weighted by molar-refractivity contribution is -0.385. The average molecular weight is 533 g/mol. The van der Waals surface area contributed by atoms with Crippen LogP contribution in [0.5, 0.6) is 0 Å². The molecule has 4 aromatic rings. The maximum absolute atomic E-state index is 13.7. The number of alkyl halides is 2. The zero-order chi connectivity index (χ0) is 27.0. The molecule has 37 heavy (non-hydrogen) atoms. The molecule has 0 spiro atoms. The van der Waals surface area contributed by atoms with Crippen LogP contribution in [0, 0.1) is 24.0 Å². The van der Waals surface area contributed by atoms with Crippen molar-refractivity contribution in [1.82, 2.24) is 24.5 Å². The number of fused-ring (bicyclic) bond motifs is 1. The molecule has 0 aliphatic carbocycles. The van der Waals surface area contributed by atoms with Gasteiger partial charge in [0.25, 0.3) is 12.3 Å². The summed E-state index contributed by atoms with van der Waals surface area (Å²) in [5, 5.41) is 22.4. The molecular formula is C22H22F2N8O4S. The number of nitrogens with one attached hydrogen (secondary N) is 1. The molecule has 3 N–H and O–H groups in total. The van der Waals surface area contributed by atoms with Crippen molar-refractivity contribution in [3.05, 3.63) is 50.5 Å². The summed E-state index contributed by atoms with van der Waals surface area (Å²) in [6, 6.07) is 1.22. The molecule has 0 fully saturated rings. The average Bonchev–Trinajstić information content (AvgIpc) is 3.51. The lowest BCUT2D eigenvalue weighted by Crippen LogP contribution is -2.18. The fraction of sp³-hybridized carbons (Fsp3) is 0.318. The summed E-state index contributed by atoms with van der Waals surface area (Å²) >= 11 is 0.802. The highest BCUT2D eigenvalue weighted by molar-refractivity contribution is 7.21. The summed E-state index contributed by atoms with van der Waals surface area (Å²) in [6.45, 7) is 5.65. The van der Waals surface area contributed by atoms with Crippen molar-refractivity contribution < 1.29 is 23.3 Å². The van der Waals surface area contributed by atoms with Crippen LogP contribution in [0.4, 0.5) is 20.2 Å². The number of amides is 2. The van der Waals surface area contributed by atoms with E-state index in [0.717, 1.165) is 11.3 Å². The maximum atomic E-state index is 13.7. The van der Waals surface area contributed by atoms with Crippen molar-refractivity contribution in [2.75, 3.05) is 5.32 Å². The number of hydrogen-bond acceptors (Lipinski definition) is 8. The third-order valence-electron chi connectivity index (χ3n) is 5.64. The van der Waals surface area contributed by atoms with Gasteiger partial charge in [-0.1, -0.05) is 0 Å². The summed E-state index contributed by atoms with van der Waals surface area (Å²) in [7, 11) is 0. The minimum atomic E-state index is -2.87. The van der Waals surface area contributed by atoms with E-state index in [4.69, 9.17) is 5.73 Å². The number of carbonyl (C=O) groups excluding carboxylic acids is 2. The van der Waals surface area contributed by atoms with E-state index >= 15 is 0 Å². The van der Waals surface area contributed by atoms with Crippen LogP contribution in [0.1, 0.15) is 46.5 Å². The van der Waals surface area contributed by atoms with E-state index in [1.54, 1.807) is 17.8 Å². The van der Waals surface area contributed by atoms with Gasteiger partial charge in [-0.2, -0.15) is 10.2 Å². The number of pyridine rings is 1. The van der Waals surface area contributed by atoms with Crippen LogP contribution in [-0.2, 0) is 17.9 Å². The lowest BCUT2D eigenvalue weighted by Gasteiger charge is -2.10. The number of nitro groups is 1. The highest BCUT2D eigenvalue weighted by Gasteiger charge is 2.26. The summed E-state index contributed by atoms with van der Waals surface area (Å²) in [6.07, 6.45) is -0.0965. The van der Waals surface area contributed by atoms with E-state index in [-0.39, 0.29) is 39.7 Å². The minimum Gasteiger partial charge on any atom is -0.365 e. The third kappa shape index (κ3) is 5.02. The largest absolute Gasteiger partial charge is 0.365 e. The van der Waals surface area contributed by atoms with E-state index in [9.17, 15) is 28.5 Å². The quantitative estimate of drug-likeness (QED) is 0.243.